The molecule has 3 aromatic rings. The summed E-state index contributed by atoms with van der Waals surface area (Å²) in [5, 5.41) is 9.07. The van der Waals surface area contributed by atoms with Gasteiger partial charge in [-0.15, -0.1) is 6.42 Å². The molecule has 0 N–H and O–H groups in total. The Hall–Kier alpha value is -3.30. The van der Waals surface area contributed by atoms with Gasteiger partial charge >= 0.3 is 0 Å². The van der Waals surface area contributed by atoms with Gasteiger partial charge in [0.15, 0.2) is 0 Å². The number of piperazine rings is 1. The fourth-order valence-corrected chi connectivity index (χ4v) is 4.44. The minimum atomic E-state index is -0.476. The van der Waals surface area contributed by atoms with Crippen LogP contribution in [-0.4, -0.2) is 47.6 Å². The lowest BCUT2D eigenvalue weighted by Crippen LogP contribution is -2.47. The third kappa shape index (κ3) is 5.98. The molecule has 0 saturated carbocycles. The first-order valence-corrected chi connectivity index (χ1v) is 11.8. The third-order valence-corrected chi connectivity index (χ3v) is 6.55. The van der Waals surface area contributed by atoms with Crippen LogP contribution in [0.5, 0.6) is 5.88 Å². The third-order valence-electron chi connectivity index (χ3n) is 5.25. The number of halogens is 2. The Morgan fingerprint density at radius 3 is 2.59 bits per heavy atom. The van der Waals surface area contributed by atoms with Crippen molar-refractivity contribution in [3.05, 3.63) is 70.6 Å². The summed E-state index contributed by atoms with van der Waals surface area (Å²) in [4.78, 5) is 15.2. The number of ether oxygens (including phenoxy) is 1. The first-order valence-electron chi connectivity index (χ1n) is 10.6. The second-order valence-electron chi connectivity index (χ2n) is 7.58. The van der Waals surface area contributed by atoms with Crippen LogP contribution >= 0.6 is 23.4 Å². The lowest BCUT2D eigenvalue weighted by Gasteiger charge is -2.33. The Morgan fingerprint density at radius 1 is 1.15 bits per heavy atom. The highest BCUT2D eigenvalue weighted by molar-refractivity contribution is 7.99. The van der Waals surface area contributed by atoms with Crippen LogP contribution in [0.25, 0.3) is 0 Å². The average Bonchev–Trinajstić information content (AvgIpc) is 2.86. The smallest absolute Gasteiger partial charge is 0.232 e. The largest absolute Gasteiger partial charge is 0.472 e. The maximum atomic E-state index is 13.5. The quantitative estimate of drug-likeness (QED) is 0.445. The zero-order valence-electron chi connectivity index (χ0n) is 18.2. The highest BCUT2D eigenvalue weighted by Gasteiger charge is 2.20. The Morgan fingerprint density at radius 2 is 1.91 bits per heavy atom. The average molecular weight is 494 g/mol. The summed E-state index contributed by atoms with van der Waals surface area (Å²) in [6.45, 7) is 3.99. The normalized spacial score (nSPS) is 13.8. The van der Waals surface area contributed by atoms with Gasteiger partial charge < -0.3 is 9.64 Å². The van der Waals surface area contributed by atoms with Gasteiger partial charge in [-0.25, -0.2) is 9.37 Å². The van der Waals surface area contributed by atoms with Gasteiger partial charge in [0, 0.05) is 31.1 Å². The number of hydrogen-bond donors (Lipinski definition) is 0. The summed E-state index contributed by atoms with van der Waals surface area (Å²) in [7, 11) is 0. The van der Waals surface area contributed by atoms with E-state index in [0.717, 1.165) is 41.5 Å². The Balaban J connectivity index is 1.56. The number of nitrogens with zero attached hydrogens (tertiary/aromatic N) is 5. The maximum Gasteiger partial charge on any atom is 0.232 e. The number of aromatic nitrogens is 2. The molecule has 0 unspecified atom stereocenters. The number of rotatable bonds is 7. The number of anilines is 1. The molecule has 0 atom stereocenters. The van der Waals surface area contributed by atoms with Crippen molar-refractivity contribution in [2.45, 2.75) is 16.4 Å². The molecule has 1 fully saturated rings. The fourth-order valence-electron chi connectivity index (χ4n) is 3.41. The van der Waals surface area contributed by atoms with Crippen molar-refractivity contribution < 1.29 is 9.13 Å². The molecule has 4 rings (SSSR count). The first-order chi connectivity index (χ1) is 16.6. The van der Waals surface area contributed by atoms with Gasteiger partial charge in [-0.3, -0.25) is 4.90 Å². The van der Waals surface area contributed by atoms with Gasteiger partial charge in [-0.05, 0) is 42.0 Å². The van der Waals surface area contributed by atoms with E-state index in [0.29, 0.717) is 23.9 Å². The van der Waals surface area contributed by atoms with Crippen molar-refractivity contribution in [2.24, 2.45) is 0 Å². The van der Waals surface area contributed by atoms with Gasteiger partial charge in [0.25, 0.3) is 0 Å². The Labute approximate surface area is 207 Å². The van der Waals surface area contributed by atoms with E-state index in [-0.39, 0.29) is 11.6 Å². The summed E-state index contributed by atoms with van der Waals surface area (Å²) in [6.07, 6.45) is 7.17. The van der Waals surface area contributed by atoms with E-state index in [2.05, 4.69) is 26.8 Å². The van der Waals surface area contributed by atoms with Crippen molar-refractivity contribution in [3.63, 3.8) is 0 Å². The maximum absolute atomic E-state index is 13.5. The van der Waals surface area contributed by atoms with Crippen LogP contribution in [0.1, 0.15) is 11.1 Å². The van der Waals surface area contributed by atoms with Crippen molar-refractivity contribution in [1.29, 1.82) is 5.26 Å². The summed E-state index contributed by atoms with van der Waals surface area (Å²) < 4.78 is 19.6. The van der Waals surface area contributed by atoms with Crippen LogP contribution in [0.2, 0.25) is 5.02 Å². The number of nitriles is 1. The zero-order valence-corrected chi connectivity index (χ0v) is 19.8. The predicted molar refractivity (Wildman–Crippen MR) is 131 cm³/mol. The topological polar surface area (TPSA) is 65.3 Å². The van der Waals surface area contributed by atoms with Crippen LogP contribution in [0.3, 0.4) is 0 Å². The highest BCUT2D eigenvalue weighted by Crippen LogP contribution is 2.35. The molecule has 0 aliphatic carbocycles. The molecule has 2 aromatic carbocycles. The minimum Gasteiger partial charge on any atom is -0.472 e. The molecule has 1 aromatic heterocycles. The number of benzene rings is 2. The van der Waals surface area contributed by atoms with Gasteiger partial charge in [-0.2, -0.15) is 10.2 Å². The molecule has 9 heteroatoms. The molecule has 1 aliphatic heterocycles. The zero-order chi connectivity index (χ0) is 23.9. The fraction of sp³-hybridized carbons (Fsp3) is 0.240. The van der Waals surface area contributed by atoms with Gasteiger partial charge in [0.1, 0.15) is 12.4 Å². The van der Waals surface area contributed by atoms with E-state index in [1.807, 2.05) is 12.1 Å². The summed E-state index contributed by atoms with van der Waals surface area (Å²) in [5.74, 6) is 3.21. The molecule has 0 radical (unpaired) electrons. The van der Waals surface area contributed by atoms with Gasteiger partial charge in [-0.1, -0.05) is 35.3 Å². The van der Waals surface area contributed by atoms with Crippen molar-refractivity contribution in [2.75, 3.05) is 37.6 Å². The van der Waals surface area contributed by atoms with Crippen LogP contribution in [0, 0.1) is 29.5 Å². The van der Waals surface area contributed by atoms with E-state index in [9.17, 15) is 4.39 Å². The molecular weight excluding hydrogens is 473 g/mol. The standard InChI is InChI=1S/C25H21ClFN5OS/c1-2-9-31-10-12-32(13-11-31)25-29-16-23(34-20-6-3-18(15-28)4-7-20)24(30-25)33-17-19-5-8-22(27)21(26)14-19/h1,3-8,14,16H,9-13,17H2. The van der Waals surface area contributed by atoms with Crippen molar-refractivity contribution >= 4 is 29.3 Å². The summed E-state index contributed by atoms with van der Waals surface area (Å²) in [5.41, 5.74) is 1.31. The molecular formula is C25H21ClFN5OS. The van der Waals surface area contributed by atoms with Gasteiger partial charge in [0.2, 0.25) is 11.8 Å². The SMILES string of the molecule is C#CCN1CCN(c2ncc(Sc3ccc(C#N)cc3)c(OCc3ccc(F)c(Cl)c3)n2)CC1. The molecule has 6 nitrogen and oxygen atoms in total. The molecule has 1 saturated heterocycles. The Kier molecular flexibility index (Phi) is 7.87. The van der Waals surface area contributed by atoms with E-state index in [1.54, 1.807) is 24.4 Å². The molecule has 172 valence electrons. The number of hydrogen-bond acceptors (Lipinski definition) is 7. The molecule has 2 heterocycles. The lowest BCUT2D eigenvalue weighted by molar-refractivity contribution is 0.278. The van der Waals surface area contributed by atoms with Crippen LogP contribution in [0.4, 0.5) is 10.3 Å². The molecule has 1 aliphatic rings. The Bertz CT molecular complexity index is 1230. The van der Waals surface area contributed by atoms with Gasteiger partial charge in [0.05, 0.1) is 34.3 Å². The van der Waals surface area contributed by atoms with Crippen molar-refractivity contribution in [3.8, 4) is 24.3 Å². The molecule has 0 bridgehead atoms. The van der Waals surface area contributed by atoms with Crippen molar-refractivity contribution in [1.82, 2.24) is 14.9 Å². The molecule has 0 amide bonds. The van der Waals surface area contributed by atoms with Crippen LogP contribution in [0.15, 0.2) is 58.5 Å². The summed E-state index contributed by atoms with van der Waals surface area (Å²) in [6, 6.07) is 13.8. The number of terminal acetylenes is 1. The lowest BCUT2D eigenvalue weighted by atomic mass is 10.2. The molecule has 34 heavy (non-hydrogen) atoms. The summed E-state index contributed by atoms with van der Waals surface area (Å²) >= 11 is 7.36. The van der Waals surface area contributed by atoms with E-state index < -0.39 is 5.82 Å². The second kappa shape index (κ2) is 11.2. The van der Waals surface area contributed by atoms with E-state index in [4.69, 9.17) is 33.0 Å². The monoisotopic (exact) mass is 493 g/mol. The van der Waals surface area contributed by atoms with E-state index in [1.165, 1.54) is 23.9 Å². The first kappa shape index (κ1) is 23.8. The van der Waals surface area contributed by atoms with E-state index >= 15 is 0 Å². The molecule has 0 spiro atoms. The second-order valence-corrected chi connectivity index (χ2v) is 9.10. The van der Waals surface area contributed by atoms with Crippen LogP contribution < -0.4 is 9.64 Å². The van der Waals surface area contributed by atoms with Crippen LogP contribution in [-0.2, 0) is 6.61 Å². The highest BCUT2D eigenvalue weighted by atomic mass is 35.5. The predicted octanol–water partition coefficient (Wildman–Crippen LogP) is 4.63. The minimum absolute atomic E-state index is 0.0431.